The first-order chi connectivity index (χ1) is 14.0. The van der Waals surface area contributed by atoms with Gasteiger partial charge in [0.1, 0.15) is 5.76 Å². The van der Waals surface area contributed by atoms with Gasteiger partial charge in [0.15, 0.2) is 10.9 Å². The molecule has 1 aromatic carbocycles. The van der Waals surface area contributed by atoms with E-state index in [0.717, 1.165) is 10.4 Å². The summed E-state index contributed by atoms with van der Waals surface area (Å²) < 4.78 is 5.68. The van der Waals surface area contributed by atoms with Crippen molar-refractivity contribution in [2.24, 2.45) is 0 Å². The number of hydrogen-bond donors (Lipinski definition) is 1. The van der Waals surface area contributed by atoms with Crippen LogP contribution in [0.1, 0.15) is 28.0 Å². The van der Waals surface area contributed by atoms with Gasteiger partial charge in [-0.2, -0.15) is 0 Å². The zero-order chi connectivity index (χ0) is 20.4. The van der Waals surface area contributed by atoms with Crippen LogP contribution in [0.3, 0.4) is 0 Å². The number of ketones is 1. The Labute approximate surface area is 175 Å². The van der Waals surface area contributed by atoms with Gasteiger partial charge >= 0.3 is 0 Å². The van der Waals surface area contributed by atoms with Gasteiger partial charge in [0, 0.05) is 12.5 Å². The minimum atomic E-state index is -0.261. The fraction of sp³-hybridized carbons (Fsp3) is 0.143. The normalized spacial score (nSPS) is 10.8. The number of carbonyl (C=O) groups excluding carboxylic acids is 2. The van der Waals surface area contributed by atoms with Crippen molar-refractivity contribution in [3.63, 3.8) is 0 Å². The van der Waals surface area contributed by atoms with Crippen LogP contribution < -0.4 is 5.32 Å². The van der Waals surface area contributed by atoms with Gasteiger partial charge in [-0.1, -0.05) is 47.7 Å². The number of hydrogen-bond acceptors (Lipinski definition) is 7. The Hall–Kier alpha value is -3.10. The molecule has 0 bridgehead atoms. The molecule has 1 N–H and O–H groups in total. The number of carbonyl (C=O) groups is 2. The number of aryl methyl sites for hydroxylation is 1. The molecule has 3 aromatic heterocycles. The number of nitrogens with zero attached hydrogens (tertiary/aromatic N) is 2. The first-order valence-corrected chi connectivity index (χ1v) is 10.6. The monoisotopic (exact) mass is 423 g/mol. The van der Waals surface area contributed by atoms with E-state index in [0.29, 0.717) is 33.0 Å². The summed E-state index contributed by atoms with van der Waals surface area (Å²) in [6.45, 7) is 3.29. The molecular formula is C21H17N3O3S2. The molecule has 0 aliphatic heterocycles. The third kappa shape index (κ3) is 4.18. The van der Waals surface area contributed by atoms with E-state index in [9.17, 15) is 9.59 Å². The molecule has 0 spiro atoms. The highest BCUT2D eigenvalue weighted by molar-refractivity contribution is 7.18. The van der Waals surface area contributed by atoms with Crippen molar-refractivity contribution < 1.29 is 14.0 Å². The van der Waals surface area contributed by atoms with Gasteiger partial charge in [-0.05, 0) is 18.4 Å². The summed E-state index contributed by atoms with van der Waals surface area (Å²) >= 11 is 2.70. The molecule has 0 atom stereocenters. The molecule has 8 heteroatoms. The van der Waals surface area contributed by atoms with Crippen molar-refractivity contribution in [1.29, 1.82) is 0 Å². The molecule has 0 saturated carbocycles. The second-order valence-electron chi connectivity index (χ2n) is 6.34. The number of Topliss-reactive ketones (excluding diaryl/α,β-unsaturated/α-hetero) is 1. The van der Waals surface area contributed by atoms with Crippen LogP contribution in [0.4, 0.5) is 5.13 Å². The number of oxazole rings is 1. The molecule has 4 aromatic rings. The average molecular weight is 424 g/mol. The minimum Gasteiger partial charge on any atom is -0.440 e. The van der Waals surface area contributed by atoms with Crippen LogP contribution in [0.5, 0.6) is 0 Å². The number of nitrogens with one attached hydrogen (secondary N) is 1. The largest absolute Gasteiger partial charge is 0.440 e. The molecular weight excluding hydrogens is 406 g/mol. The molecule has 0 saturated heterocycles. The summed E-state index contributed by atoms with van der Waals surface area (Å²) in [7, 11) is 0. The van der Waals surface area contributed by atoms with Crippen LogP contribution in [0.2, 0.25) is 0 Å². The second kappa shape index (κ2) is 8.10. The summed E-state index contributed by atoms with van der Waals surface area (Å²) in [6, 6.07) is 13.3. The van der Waals surface area contributed by atoms with Crippen molar-refractivity contribution in [1.82, 2.24) is 9.97 Å². The van der Waals surface area contributed by atoms with Crippen LogP contribution in [-0.4, -0.2) is 21.7 Å². The maximum atomic E-state index is 12.5. The van der Waals surface area contributed by atoms with Crippen LogP contribution in [-0.2, 0) is 11.2 Å². The minimum absolute atomic E-state index is 0.0658. The average Bonchev–Trinajstić information content (AvgIpc) is 3.43. The third-order valence-corrected chi connectivity index (χ3v) is 6.12. The fourth-order valence-corrected chi connectivity index (χ4v) is 4.37. The maximum absolute atomic E-state index is 12.5. The number of thiophene rings is 1. The highest BCUT2D eigenvalue weighted by Crippen LogP contribution is 2.32. The van der Waals surface area contributed by atoms with Crippen molar-refractivity contribution >= 4 is 39.5 Å². The Morgan fingerprint density at radius 2 is 1.90 bits per heavy atom. The number of anilines is 1. The smallest absolute Gasteiger partial charge is 0.236 e. The van der Waals surface area contributed by atoms with Crippen molar-refractivity contribution in [3.8, 4) is 22.0 Å². The highest BCUT2D eigenvalue weighted by Gasteiger charge is 2.20. The predicted molar refractivity (Wildman–Crippen MR) is 114 cm³/mol. The molecule has 0 radical (unpaired) electrons. The van der Waals surface area contributed by atoms with Crippen LogP contribution >= 0.6 is 22.7 Å². The summed E-state index contributed by atoms with van der Waals surface area (Å²) in [6.07, 6.45) is 0.0658. The Bertz CT molecular complexity index is 1160. The summed E-state index contributed by atoms with van der Waals surface area (Å²) in [5, 5.41) is 5.12. The second-order valence-corrected chi connectivity index (χ2v) is 8.29. The van der Waals surface area contributed by atoms with E-state index in [1.807, 2.05) is 47.8 Å². The summed E-state index contributed by atoms with van der Waals surface area (Å²) in [5.74, 6) is 0.772. The Kier molecular flexibility index (Phi) is 5.37. The van der Waals surface area contributed by atoms with Gasteiger partial charge in [-0.3, -0.25) is 9.59 Å². The Morgan fingerprint density at radius 1 is 1.10 bits per heavy atom. The number of amides is 1. The molecule has 6 nitrogen and oxygen atoms in total. The standard InChI is InChI=1S/C21H17N3O3S2/c1-12(25)19-18(14-7-4-3-5-8-14)24-21(29-19)23-17(26)11-15-13(2)27-20(22-15)16-9-6-10-28-16/h3-10H,11H2,1-2H3,(H,23,24,26). The van der Waals surface area contributed by atoms with Crippen molar-refractivity contribution in [2.45, 2.75) is 20.3 Å². The molecule has 0 aliphatic carbocycles. The highest BCUT2D eigenvalue weighted by atomic mass is 32.1. The van der Waals surface area contributed by atoms with E-state index in [1.54, 1.807) is 6.92 Å². The molecule has 3 heterocycles. The lowest BCUT2D eigenvalue weighted by Gasteiger charge is -2.00. The first-order valence-electron chi connectivity index (χ1n) is 8.88. The molecule has 146 valence electrons. The molecule has 0 aliphatic rings. The molecule has 0 fully saturated rings. The van der Waals surface area contributed by atoms with E-state index in [-0.39, 0.29) is 18.1 Å². The zero-order valence-electron chi connectivity index (χ0n) is 15.8. The molecule has 4 rings (SSSR count). The van der Waals surface area contributed by atoms with E-state index in [1.165, 1.54) is 29.6 Å². The van der Waals surface area contributed by atoms with E-state index in [4.69, 9.17) is 4.42 Å². The first kappa shape index (κ1) is 19.2. The summed E-state index contributed by atoms with van der Waals surface area (Å²) in [5.41, 5.74) is 2.00. The lowest BCUT2D eigenvalue weighted by Crippen LogP contribution is -2.15. The maximum Gasteiger partial charge on any atom is 0.236 e. The third-order valence-electron chi connectivity index (χ3n) is 4.19. The zero-order valence-corrected chi connectivity index (χ0v) is 17.4. The van der Waals surface area contributed by atoms with Gasteiger partial charge < -0.3 is 9.73 Å². The number of thiazole rings is 1. The lowest BCUT2D eigenvalue weighted by atomic mass is 10.1. The lowest BCUT2D eigenvalue weighted by molar-refractivity contribution is -0.115. The Morgan fingerprint density at radius 3 is 2.59 bits per heavy atom. The summed E-state index contributed by atoms with van der Waals surface area (Å²) in [4.78, 5) is 34.9. The van der Waals surface area contributed by atoms with Gasteiger partial charge in [0.25, 0.3) is 0 Å². The van der Waals surface area contributed by atoms with Gasteiger partial charge in [0.05, 0.1) is 27.6 Å². The van der Waals surface area contributed by atoms with E-state index < -0.39 is 0 Å². The topological polar surface area (TPSA) is 85.1 Å². The molecule has 0 unspecified atom stereocenters. The van der Waals surface area contributed by atoms with Gasteiger partial charge in [0.2, 0.25) is 11.8 Å². The van der Waals surface area contributed by atoms with Gasteiger partial charge in [-0.25, -0.2) is 9.97 Å². The number of benzene rings is 1. The molecule has 1 amide bonds. The van der Waals surface area contributed by atoms with Crippen molar-refractivity contribution in [2.75, 3.05) is 5.32 Å². The SMILES string of the molecule is CC(=O)c1sc(NC(=O)Cc2nc(-c3cccs3)oc2C)nc1-c1ccccc1. The number of aromatic nitrogens is 2. The molecule has 29 heavy (non-hydrogen) atoms. The predicted octanol–water partition coefficient (Wildman–Crippen LogP) is 5.22. The van der Waals surface area contributed by atoms with E-state index in [2.05, 4.69) is 15.3 Å². The van der Waals surface area contributed by atoms with E-state index >= 15 is 0 Å². The number of rotatable bonds is 6. The Balaban J connectivity index is 1.53. The van der Waals surface area contributed by atoms with Crippen molar-refractivity contribution in [3.05, 3.63) is 64.2 Å². The fourth-order valence-electron chi connectivity index (χ4n) is 2.82. The van der Waals surface area contributed by atoms with Crippen LogP contribution in [0.25, 0.3) is 22.0 Å². The van der Waals surface area contributed by atoms with Crippen LogP contribution in [0.15, 0.2) is 52.3 Å². The van der Waals surface area contributed by atoms with Gasteiger partial charge in [-0.15, -0.1) is 11.3 Å². The van der Waals surface area contributed by atoms with Crippen LogP contribution in [0, 0.1) is 6.92 Å². The quantitative estimate of drug-likeness (QED) is 0.430.